The lowest BCUT2D eigenvalue weighted by molar-refractivity contribution is 0.580. The minimum absolute atomic E-state index is 0. The van der Waals surface area contributed by atoms with Gasteiger partial charge >= 0.3 is 0 Å². The van der Waals surface area contributed by atoms with E-state index in [1.54, 1.807) is 13.1 Å². The zero-order chi connectivity index (χ0) is 19.1. The Labute approximate surface area is 180 Å². The number of rotatable bonds is 7. The third-order valence-corrected chi connectivity index (χ3v) is 5.12. The number of hydrogen-bond donors (Lipinski definition) is 3. The molecule has 0 bridgehead atoms. The van der Waals surface area contributed by atoms with Crippen LogP contribution in [0.2, 0.25) is 0 Å². The molecule has 0 radical (unpaired) electrons. The molecule has 0 fully saturated rings. The summed E-state index contributed by atoms with van der Waals surface area (Å²) in [4.78, 5) is 8.05. The Morgan fingerprint density at radius 1 is 1.14 bits per heavy atom. The highest BCUT2D eigenvalue weighted by Crippen LogP contribution is 2.04. The molecular weight excluding hydrogens is 495 g/mol. The van der Waals surface area contributed by atoms with E-state index in [9.17, 15) is 8.42 Å². The van der Waals surface area contributed by atoms with Gasteiger partial charge in [-0.05, 0) is 24.3 Å². The number of pyridine rings is 2. The fraction of sp³-hybridized carbons (Fsp3) is 0.250. The van der Waals surface area contributed by atoms with Crippen LogP contribution < -0.4 is 15.4 Å². The van der Waals surface area contributed by atoms with Crippen LogP contribution in [-0.2, 0) is 16.6 Å². The number of nitrogens with zero attached hydrogens (tertiary/aromatic N) is 5. The lowest BCUT2D eigenvalue weighted by Crippen LogP contribution is -2.41. The SMILES string of the molecule is CN=C(NCCNS(=O)(=O)c1cccnc1)NCc1nnc2ccccn12.I. The van der Waals surface area contributed by atoms with Crippen LogP contribution in [0, 0.1) is 0 Å². The summed E-state index contributed by atoms with van der Waals surface area (Å²) in [6.45, 7) is 0.984. The van der Waals surface area contributed by atoms with Crippen molar-refractivity contribution >= 4 is 45.6 Å². The van der Waals surface area contributed by atoms with Crippen molar-refractivity contribution in [1.29, 1.82) is 0 Å². The van der Waals surface area contributed by atoms with Crippen molar-refractivity contribution in [3.05, 3.63) is 54.7 Å². The molecule has 0 aromatic carbocycles. The molecule has 0 unspecified atom stereocenters. The van der Waals surface area contributed by atoms with Crippen LogP contribution >= 0.6 is 24.0 Å². The van der Waals surface area contributed by atoms with E-state index in [1.807, 2.05) is 28.8 Å². The van der Waals surface area contributed by atoms with Gasteiger partial charge in [0.15, 0.2) is 17.4 Å². The molecule has 0 spiro atoms. The van der Waals surface area contributed by atoms with E-state index in [0.717, 1.165) is 11.5 Å². The maximum atomic E-state index is 12.1. The molecule has 3 aromatic rings. The van der Waals surface area contributed by atoms with Gasteiger partial charge in [0.1, 0.15) is 4.90 Å². The minimum Gasteiger partial charge on any atom is -0.355 e. The van der Waals surface area contributed by atoms with Crippen molar-refractivity contribution in [3.63, 3.8) is 0 Å². The number of guanidine groups is 1. The zero-order valence-corrected chi connectivity index (χ0v) is 18.3. The van der Waals surface area contributed by atoms with Crippen LogP contribution in [0.3, 0.4) is 0 Å². The van der Waals surface area contributed by atoms with Gasteiger partial charge in [0, 0.05) is 38.7 Å². The third-order valence-electron chi connectivity index (χ3n) is 3.68. The van der Waals surface area contributed by atoms with E-state index in [2.05, 4.69) is 35.5 Å². The molecule has 0 saturated heterocycles. The molecule has 3 N–H and O–H groups in total. The van der Waals surface area contributed by atoms with Gasteiger partial charge in [-0.15, -0.1) is 34.2 Å². The highest BCUT2D eigenvalue weighted by atomic mass is 127. The fourth-order valence-corrected chi connectivity index (χ4v) is 3.35. The van der Waals surface area contributed by atoms with E-state index in [1.165, 1.54) is 18.5 Å². The van der Waals surface area contributed by atoms with Gasteiger partial charge in [-0.2, -0.15) is 0 Å². The number of sulfonamides is 1. The Balaban J connectivity index is 0.00000280. The fourth-order valence-electron chi connectivity index (χ4n) is 2.35. The summed E-state index contributed by atoms with van der Waals surface area (Å²) in [6.07, 6.45) is 4.71. The smallest absolute Gasteiger partial charge is 0.242 e. The van der Waals surface area contributed by atoms with Crippen molar-refractivity contribution in [1.82, 2.24) is 34.9 Å². The molecule has 0 aliphatic rings. The quantitative estimate of drug-likeness (QED) is 0.180. The van der Waals surface area contributed by atoms with E-state index in [4.69, 9.17) is 0 Å². The summed E-state index contributed by atoms with van der Waals surface area (Å²) in [5.74, 6) is 1.27. The van der Waals surface area contributed by atoms with Gasteiger partial charge in [-0.3, -0.25) is 14.4 Å². The van der Waals surface area contributed by atoms with Crippen molar-refractivity contribution in [2.75, 3.05) is 20.1 Å². The topological polar surface area (TPSA) is 126 Å². The molecule has 0 saturated carbocycles. The Morgan fingerprint density at radius 3 is 2.75 bits per heavy atom. The molecule has 3 aromatic heterocycles. The van der Waals surface area contributed by atoms with Gasteiger partial charge in [0.2, 0.25) is 10.0 Å². The molecule has 12 heteroatoms. The Hall–Kier alpha value is -2.32. The summed E-state index contributed by atoms with van der Waals surface area (Å²) < 4.78 is 28.6. The molecule has 0 amide bonds. The van der Waals surface area contributed by atoms with Gasteiger partial charge in [-0.1, -0.05) is 6.07 Å². The number of aliphatic imine (C=N–C) groups is 1. The number of halogens is 1. The summed E-state index contributed by atoms with van der Waals surface area (Å²) >= 11 is 0. The molecule has 0 aliphatic heterocycles. The molecule has 10 nitrogen and oxygen atoms in total. The number of nitrogens with one attached hydrogen (secondary N) is 3. The zero-order valence-electron chi connectivity index (χ0n) is 15.1. The second kappa shape index (κ2) is 10.3. The van der Waals surface area contributed by atoms with Crippen molar-refractivity contribution in [3.8, 4) is 0 Å². The maximum absolute atomic E-state index is 12.1. The summed E-state index contributed by atoms with van der Waals surface area (Å²) in [5, 5.41) is 14.4. The van der Waals surface area contributed by atoms with E-state index < -0.39 is 10.0 Å². The first-order valence-corrected chi connectivity index (χ1v) is 9.71. The molecule has 0 atom stereocenters. The minimum atomic E-state index is -3.57. The number of hydrogen-bond acceptors (Lipinski definition) is 6. The number of aromatic nitrogens is 4. The van der Waals surface area contributed by atoms with Gasteiger partial charge in [0.05, 0.1) is 6.54 Å². The van der Waals surface area contributed by atoms with Gasteiger partial charge in [0.25, 0.3) is 0 Å². The third kappa shape index (κ3) is 5.59. The van der Waals surface area contributed by atoms with Crippen LogP contribution in [0.1, 0.15) is 5.82 Å². The van der Waals surface area contributed by atoms with Gasteiger partial charge in [-0.25, -0.2) is 13.1 Å². The highest BCUT2D eigenvalue weighted by Gasteiger charge is 2.13. The van der Waals surface area contributed by atoms with Crippen molar-refractivity contribution < 1.29 is 8.42 Å². The van der Waals surface area contributed by atoms with E-state index in [-0.39, 0.29) is 35.4 Å². The second-order valence-electron chi connectivity index (χ2n) is 5.48. The van der Waals surface area contributed by atoms with Gasteiger partial charge < -0.3 is 10.6 Å². The first-order valence-electron chi connectivity index (χ1n) is 8.23. The average molecular weight is 516 g/mol. The highest BCUT2D eigenvalue weighted by molar-refractivity contribution is 14.0. The van der Waals surface area contributed by atoms with Crippen LogP contribution in [0.4, 0.5) is 0 Å². The molecular formula is C16H21IN8O2S. The second-order valence-corrected chi connectivity index (χ2v) is 7.25. The van der Waals surface area contributed by atoms with Crippen molar-refractivity contribution in [2.45, 2.75) is 11.4 Å². The normalized spacial score (nSPS) is 11.8. The maximum Gasteiger partial charge on any atom is 0.242 e. The summed E-state index contributed by atoms with van der Waals surface area (Å²) in [5.41, 5.74) is 0.766. The predicted molar refractivity (Wildman–Crippen MR) is 116 cm³/mol. The van der Waals surface area contributed by atoms with E-state index in [0.29, 0.717) is 19.0 Å². The Morgan fingerprint density at radius 2 is 2.00 bits per heavy atom. The molecule has 3 rings (SSSR count). The Kier molecular flexibility index (Phi) is 8.07. The first-order chi connectivity index (χ1) is 13.1. The lowest BCUT2D eigenvalue weighted by Gasteiger charge is -2.12. The predicted octanol–water partition coefficient (Wildman–Crippen LogP) is 0.386. The lowest BCUT2D eigenvalue weighted by atomic mass is 10.4. The molecule has 28 heavy (non-hydrogen) atoms. The standard InChI is InChI=1S/C16H20N8O2S.HI/c1-17-16(20-12-15-23-22-14-6-2-3-10-24(14)15)19-8-9-21-27(25,26)13-5-4-7-18-11-13;/h2-7,10-11,21H,8-9,12H2,1H3,(H2,17,19,20);1H. The summed E-state index contributed by atoms with van der Waals surface area (Å²) in [6, 6.07) is 8.74. The molecule has 0 aliphatic carbocycles. The van der Waals surface area contributed by atoms with E-state index >= 15 is 0 Å². The average Bonchev–Trinajstić information content (AvgIpc) is 3.11. The van der Waals surface area contributed by atoms with Crippen LogP contribution in [0.15, 0.2) is 58.8 Å². The van der Waals surface area contributed by atoms with Crippen LogP contribution in [-0.4, -0.2) is 54.1 Å². The summed E-state index contributed by atoms with van der Waals surface area (Å²) in [7, 11) is -1.94. The van der Waals surface area contributed by atoms with Crippen LogP contribution in [0.25, 0.3) is 5.65 Å². The monoisotopic (exact) mass is 516 g/mol. The largest absolute Gasteiger partial charge is 0.355 e. The molecule has 3 heterocycles. The number of fused-ring (bicyclic) bond motifs is 1. The molecule has 150 valence electrons. The first kappa shape index (κ1) is 22.0. The van der Waals surface area contributed by atoms with Crippen molar-refractivity contribution in [2.24, 2.45) is 4.99 Å². The Bertz CT molecular complexity index is 1020. The van der Waals surface area contributed by atoms with Crippen LogP contribution in [0.5, 0.6) is 0 Å².